The van der Waals surface area contributed by atoms with Crippen molar-refractivity contribution >= 4 is 11.6 Å². The Kier molecular flexibility index (Phi) is 4.84. The Morgan fingerprint density at radius 1 is 1.29 bits per heavy atom. The van der Waals surface area contributed by atoms with E-state index < -0.39 is 0 Å². The van der Waals surface area contributed by atoms with Gasteiger partial charge in [0.05, 0.1) is 13.2 Å². The van der Waals surface area contributed by atoms with Gasteiger partial charge >= 0.3 is 0 Å². The molecule has 1 heterocycles. The number of halogens is 1. The van der Waals surface area contributed by atoms with E-state index in [9.17, 15) is 0 Å². The molecule has 0 N–H and O–H groups in total. The maximum Gasteiger partial charge on any atom is 0.0594 e. The van der Waals surface area contributed by atoms with Crippen LogP contribution >= 0.6 is 11.6 Å². The molecule has 94 valence electrons. The highest BCUT2D eigenvalue weighted by Crippen LogP contribution is 2.17. The van der Waals surface area contributed by atoms with Gasteiger partial charge in [0.1, 0.15) is 0 Å². The van der Waals surface area contributed by atoms with Crippen molar-refractivity contribution < 1.29 is 4.74 Å². The summed E-state index contributed by atoms with van der Waals surface area (Å²) in [5, 5.41) is 0.883. The summed E-state index contributed by atoms with van der Waals surface area (Å²) in [6.45, 7) is 7.13. The zero-order chi connectivity index (χ0) is 12.1. The van der Waals surface area contributed by atoms with Gasteiger partial charge in [0, 0.05) is 18.1 Å². The molecule has 0 amide bonds. The minimum atomic E-state index is 0.883. The molecule has 0 saturated carbocycles. The first-order chi connectivity index (χ1) is 8.25. The van der Waals surface area contributed by atoms with Crippen LogP contribution in [0.25, 0.3) is 0 Å². The van der Waals surface area contributed by atoms with E-state index in [1.807, 2.05) is 6.92 Å². The van der Waals surface area contributed by atoms with E-state index >= 15 is 0 Å². The van der Waals surface area contributed by atoms with Crippen LogP contribution in [0.1, 0.15) is 17.5 Å². The number of benzene rings is 1. The predicted octanol–water partition coefficient (Wildman–Crippen LogP) is 2.91. The molecule has 0 spiro atoms. The number of nitrogens with zero attached hydrogens (tertiary/aromatic N) is 1. The summed E-state index contributed by atoms with van der Waals surface area (Å²) in [6, 6.07) is 6.38. The number of hydrogen-bond acceptors (Lipinski definition) is 2. The van der Waals surface area contributed by atoms with Gasteiger partial charge < -0.3 is 4.74 Å². The fraction of sp³-hybridized carbons (Fsp3) is 0.571. The Labute approximate surface area is 109 Å². The lowest BCUT2D eigenvalue weighted by atomic mass is 10.1. The highest BCUT2D eigenvalue weighted by molar-refractivity contribution is 6.31. The van der Waals surface area contributed by atoms with Crippen molar-refractivity contribution in [3.63, 3.8) is 0 Å². The maximum absolute atomic E-state index is 6.11. The molecule has 0 radical (unpaired) electrons. The summed E-state index contributed by atoms with van der Waals surface area (Å²) in [6.07, 6.45) is 2.30. The van der Waals surface area contributed by atoms with Crippen LogP contribution < -0.4 is 0 Å². The first kappa shape index (κ1) is 12.9. The fourth-order valence-electron chi connectivity index (χ4n) is 2.12. The number of rotatable bonds is 4. The molecule has 0 aromatic heterocycles. The van der Waals surface area contributed by atoms with E-state index in [0.29, 0.717) is 0 Å². The van der Waals surface area contributed by atoms with E-state index in [2.05, 4.69) is 23.1 Å². The van der Waals surface area contributed by atoms with Crippen LogP contribution in [0.3, 0.4) is 0 Å². The van der Waals surface area contributed by atoms with Gasteiger partial charge in [-0.15, -0.1) is 0 Å². The zero-order valence-corrected chi connectivity index (χ0v) is 11.2. The lowest BCUT2D eigenvalue weighted by Crippen LogP contribution is -2.36. The smallest absolute Gasteiger partial charge is 0.0594 e. The van der Waals surface area contributed by atoms with E-state index in [4.69, 9.17) is 16.3 Å². The molecule has 1 aromatic rings. The lowest BCUT2D eigenvalue weighted by Gasteiger charge is -2.26. The lowest BCUT2D eigenvalue weighted by molar-refractivity contribution is 0.0375. The Balaban J connectivity index is 1.75. The molecule has 2 nitrogen and oxygen atoms in total. The van der Waals surface area contributed by atoms with Gasteiger partial charge in [-0.1, -0.05) is 23.7 Å². The fourth-order valence-corrected chi connectivity index (χ4v) is 2.33. The molecular formula is C14H20ClNO. The van der Waals surface area contributed by atoms with Crippen LogP contribution in [0.2, 0.25) is 5.02 Å². The molecule has 2 rings (SSSR count). The first-order valence-corrected chi connectivity index (χ1v) is 6.68. The summed E-state index contributed by atoms with van der Waals surface area (Å²) in [4.78, 5) is 2.47. The van der Waals surface area contributed by atoms with E-state index in [-0.39, 0.29) is 0 Å². The number of morpholine rings is 1. The van der Waals surface area contributed by atoms with Crippen molar-refractivity contribution in [2.24, 2.45) is 0 Å². The molecule has 1 aliphatic heterocycles. The van der Waals surface area contributed by atoms with Crippen LogP contribution in [0.4, 0.5) is 0 Å². The van der Waals surface area contributed by atoms with Crippen molar-refractivity contribution in [3.05, 3.63) is 34.3 Å². The average molecular weight is 254 g/mol. The summed E-state index contributed by atoms with van der Waals surface area (Å²) >= 11 is 6.11. The first-order valence-electron chi connectivity index (χ1n) is 6.31. The predicted molar refractivity (Wildman–Crippen MR) is 71.8 cm³/mol. The third kappa shape index (κ3) is 3.98. The molecule has 1 aromatic carbocycles. The van der Waals surface area contributed by atoms with Crippen molar-refractivity contribution in [2.75, 3.05) is 32.8 Å². The van der Waals surface area contributed by atoms with E-state index in [1.54, 1.807) is 0 Å². The van der Waals surface area contributed by atoms with Crippen molar-refractivity contribution in [1.82, 2.24) is 4.90 Å². The maximum atomic E-state index is 6.11. The molecule has 0 aliphatic carbocycles. The van der Waals surface area contributed by atoms with E-state index in [1.165, 1.54) is 12.0 Å². The van der Waals surface area contributed by atoms with Crippen LogP contribution in [0, 0.1) is 6.92 Å². The molecular weight excluding hydrogens is 234 g/mol. The van der Waals surface area contributed by atoms with Gasteiger partial charge in [-0.2, -0.15) is 0 Å². The second kappa shape index (κ2) is 6.39. The minimum absolute atomic E-state index is 0.883. The summed E-state index contributed by atoms with van der Waals surface area (Å²) in [5.41, 5.74) is 2.50. The van der Waals surface area contributed by atoms with Gasteiger partial charge in [0.25, 0.3) is 0 Å². The highest BCUT2D eigenvalue weighted by atomic mass is 35.5. The summed E-state index contributed by atoms with van der Waals surface area (Å²) in [5.74, 6) is 0. The molecule has 3 heteroatoms. The normalized spacial score (nSPS) is 17.3. The third-order valence-electron chi connectivity index (χ3n) is 3.28. The zero-order valence-electron chi connectivity index (χ0n) is 10.4. The van der Waals surface area contributed by atoms with Crippen molar-refractivity contribution in [1.29, 1.82) is 0 Å². The second-order valence-electron chi connectivity index (χ2n) is 4.64. The van der Waals surface area contributed by atoms with E-state index in [0.717, 1.165) is 49.9 Å². The van der Waals surface area contributed by atoms with Gasteiger partial charge in [-0.25, -0.2) is 0 Å². The van der Waals surface area contributed by atoms with Crippen LogP contribution in [-0.4, -0.2) is 37.7 Å². The molecule has 0 atom stereocenters. The standard InChI is InChI=1S/C14H20ClNO/c1-12-4-5-13(11-14(12)15)3-2-6-16-7-9-17-10-8-16/h4-5,11H,2-3,6-10H2,1H3. The minimum Gasteiger partial charge on any atom is -0.379 e. The monoisotopic (exact) mass is 253 g/mol. The highest BCUT2D eigenvalue weighted by Gasteiger charge is 2.09. The molecule has 1 saturated heterocycles. The van der Waals surface area contributed by atoms with Gasteiger partial charge in [-0.05, 0) is 43.5 Å². The Bertz CT molecular complexity index is 361. The molecule has 0 unspecified atom stereocenters. The molecule has 0 bridgehead atoms. The van der Waals surface area contributed by atoms with Gasteiger partial charge in [0.2, 0.25) is 0 Å². The average Bonchev–Trinajstić information content (AvgIpc) is 2.35. The number of hydrogen-bond donors (Lipinski definition) is 0. The Hall–Kier alpha value is -0.570. The number of aryl methyl sites for hydroxylation is 2. The van der Waals surface area contributed by atoms with Gasteiger partial charge in [-0.3, -0.25) is 4.90 Å². The Morgan fingerprint density at radius 2 is 2.06 bits per heavy atom. The molecule has 17 heavy (non-hydrogen) atoms. The molecule has 1 aliphatic rings. The second-order valence-corrected chi connectivity index (χ2v) is 5.05. The number of ether oxygens (including phenoxy) is 1. The largest absolute Gasteiger partial charge is 0.379 e. The molecule has 1 fully saturated rings. The summed E-state index contributed by atoms with van der Waals surface area (Å²) in [7, 11) is 0. The van der Waals surface area contributed by atoms with Crippen LogP contribution in [0.15, 0.2) is 18.2 Å². The third-order valence-corrected chi connectivity index (χ3v) is 3.69. The van der Waals surface area contributed by atoms with Crippen LogP contribution in [-0.2, 0) is 11.2 Å². The SMILES string of the molecule is Cc1ccc(CCCN2CCOCC2)cc1Cl. The van der Waals surface area contributed by atoms with Crippen molar-refractivity contribution in [2.45, 2.75) is 19.8 Å². The quantitative estimate of drug-likeness (QED) is 0.818. The topological polar surface area (TPSA) is 12.5 Å². The van der Waals surface area contributed by atoms with Crippen LogP contribution in [0.5, 0.6) is 0 Å². The summed E-state index contributed by atoms with van der Waals surface area (Å²) < 4.78 is 5.33. The van der Waals surface area contributed by atoms with Crippen molar-refractivity contribution in [3.8, 4) is 0 Å². The Morgan fingerprint density at radius 3 is 2.76 bits per heavy atom. The van der Waals surface area contributed by atoms with Gasteiger partial charge in [0.15, 0.2) is 0 Å².